The minimum absolute atomic E-state index is 0.892. The summed E-state index contributed by atoms with van der Waals surface area (Å²) in [6, 6.07) is 12.8. The number of fused-ring (bicyclic) bond motifs is 1. The van der Waals surface area contributed by atoms with Gasteiger partial charge in [0, 0.05) is 18.8 Å². The summed E-state index contributed by atoms with van der Waals surface area (Å²) in [7, 11) is 0. The molecule has 2 heterocycles. The van der Waals surface area contributed by atoms with E-state index in [4.69, 9.17) is 4.98 Å². The van der Waals surface area contributed by atoms with Crippen molar-refractivity contribution in [3.8, 4) is 0 Å². The fourth-order valence-electron chi connectivity index (χ4n) is 2.32. The highest BCUT2D eigenvalue weighted by Gasteiger charge is 2.04. The molecule has 0 spiro atoms. The molecule has 18 heavy (non-hydrogen) atoms. The Labute approximate surface area is 107 Å². The molecule has 0 amide bonds. The Bertz CT molecular complexity index is 695. The first-order valence-corrected chi connectivity index (χ1v) is 6.21. The van der Waals surface area contributed by atoms with Crippen molar-refractivity contribution >= 4 is 5.65 Å². The highest BCUT2D eigenvalue weighted by molar-refractivity contribution is 5.48. The van der Waals surface area contributed by atoms with Crippen molar-refractivity contribution in [2.45, 2.75) is 20.3 Å². The van der Waals surface area contributed by atoms with Crippen LogP contribution in [0.1, 0.15) is 22.4 Å². The highest BCUT2D eigenvalue weighted by Crippen LogP contribution is 2.14. The third-order valence-electron chi connectivity index (χ3n) is 3.20. The number of aryl methyl sites for hydroxylation is 2. The van der Waals surface area contributed by atoms with Gasteiger partial charge in [-0.05, 0) is 31.0 Å². The van der Waals surface area contributed by atoms with Gasteiger partial charge in [0.2, 0.25) is 0 Å². The first-order chi connectivity index (χ1) is 8.72. The normalized spacial score (nSPS) is 11.0. The largest absolute Gasteiger partial charge is 0.307 e. The number of hydrogen-bond acceptors (Lipinski definition) is 1. The van der Waals surface area contributed by atoms with Gasteiger partial charge in [-0.25, -0.2) is 4.98 Å². The highest BCUT2D eigenvalue weighted by atomic mass is 15.0. The van der Waals surface area contributed by atoms with Crippen molar-refractivity contribution in [1.29, 1.82) is 0 Å². The fourth-order valence-corrected chi connectivity index (χ4v) is 2.32. The molecule has 0 saturated heterocycles. The van der Waals surface area contributed by atoms with Crippen molar-refractivity contribution in [3.05, 3.63) is 71.2 Å². The predicted octanol–water partition coefficient (Wildman–Crippen LogP) is 3.54. The number of hydrogen-bond donors (Lipinski definition) is 0. The molecule has 1 aromatic carbocycles. The Hall–Kier alpha value is -2.09. The van der Waals surface area contributed by atoms with E-state index in [2.05, 4.69) is 67.0 Å². The van der Waals surface area contributed by atoms with Gasteiger partial charge in [-0.15, -0.1) is 0 Å². The Balaban J connectivity index is 1.98. The number of rotatable bonds is 2. The SMILES string of the molecule is Cc1cccc(Cc2cn3cccc(C)c3n2)c1. The van der Waals surface area contributed by atoms with Crippen LogP contribution in [-0.2, 0) is 6.42 Å². The molecule has 0 unspecified atom stereocenters. The van der Waals surface area contributed by atoms with Crippen LogP contribution in [0, 0.1) is 13.8 Å². The van der Waals surface area contributed by atoms with E-state index in [0.29, 0.717) is 0 Å². The van der Waals surface area contributed by atoms with E-state index in [9.17, 15) is 0 Å². The van der Waals surface area contributed by atoms with Crippen LogP contribution < -0.4 is 0 Å². The van der Waals surface area contributed by atoms with Crippen LogP contribution >= 0.6 is 0 Å². The van der Waals surface area contributed by atoms with Gasteiger partial charge in [0.25, 0.3) is 0 Å². The second kappa shape index (κ2) is 4.30. The van der Waals surface area contributed by atoms with E-state index in [-0.39, 0.29) is 0 Å². The monoisotopic (exact) mass is 236 g/mol. The zero-order valence-electron chi connectivity index (χ0n) is 10.7. The number of aromatic nitrogens is 2. The van der Waals surface area contributed by atoms with Crippen LogP contribution in [0.2, 0.25) is 0 Å². The first kappa shape index (κ1) is 11.0. The van der Waals surface area contributed by atoms with Crippen LogP contribution in [-0.4, -0.2) is 9.38 Å². The molecule has 2 nitrogen and oxygen atoms in total. The van der Waals surface area contributed by atoms with Crippen molar-refractivity contribution in [1.82, 2.24) is 9.38 Å². The number of benzene rings is 1. The van der Waals surface area contributed by atoms with Crippen molar-refractivity contribution < 1.29 is 0 Å². The summed E-state index contributed by atoms with van der Waals surface area (Å²) in [5.74, 6) is 0. The van der Waals surface area contributed by atoms with E-state index in [1.807, 2.05) is 0 Å². The maximum atomic E-state index is 4.70. The lowest BCUT2D eigenvalue weighted by Gasteiger charge is -1.99. The van der Waals surface area contributed by atoms with Gasteiger partial charge in [-0.2, -0.15) is 0 Å². The summed E-state index contributed by atoms with van der Waals surface area (Å²) in [6.07, 6.45) is 5.06. The molecule has 90 valence electrons. The van der Waals surface area contributed by atoms with Crippen LogP contribution in [0.5, 0.6) is 0 Å². The lowest BCUT2D eigenvalue weighted by Crippen LogP contribution is -1.88. The zero-order chi connectivity index (χ0) is 12.5. The van der Waals surface area contributed by atoms with Gasteiger partial charge in [0.05, 0.1) is 5.69 Å². The summed E-state index contributed by atoms with van der Waals surface area (Å²) in [5, 5.41) is 0. The van der Waals surface area contributed by atoms with Crippen molar-refractivity contribution in [2.24, 2.45) is 0 Å². The molecular weight excluding hydrogens is 220 g/mol. The first-order valence-electron chi connectivity index (χ1n) is 6.21. The average Bonchev–Trinajstić information content (AvgIpc) is 2.73. The average molecular weight is 236 g/mol. The fraction of sp³-hybridized carbons (Fsp3) is 0.188. The van der Waals surface area contributed by atoms with E-state index in [1.165, 1.54) is 16.7 Å². The van der Waals surface area contributed by atoms with E-state index in [1.54, 1.807) is 0 Å². The lowest BCUT2D eigenvalue weighted by molar-refractivity contribution is 1.11. The molecule has 2 heteroatoms. The van der Waals surface area contributed by atoms with Gasteiger partial charge >= 0.3 is 0 Å². The van der Waals surface area contributed by atoms with Gasteiger partial charge < -0.3 is 4.40 Å². The van der Waals surface area contributed by atoms with Crippen molar-refractivity contribution in [3.63, 3.8) is 0 Å². The third-order valence-corrected chi connectivity index (χ3v) is 3.20. The summed E-state index contributed by atoms with van der Waals surface area (Å²) in [6.45, 7) is 4.22. The number of nitrogens with zero attached hydrogens (tertiary/aromatic N) is 2. The summed E-state index contributed by atoms with van der Waals surface area (Å²) in [4.78, 5) is 4.70. The zero-order valence-corrected chi connectivity index (χ0v) is 10.7. The molecule has 0 N–H and O–H groups in total. The Morgan fingerprint density at radius 2 is 2.00 bits per heavy atom. The minimum Gasteiger partial charge on any atom is -0.307 e. The molecule has 3 rings (SSSR count). The van der Waals surface area contributed by atoms with Gasteiger partial charge in [0.15, 0.2) is 0 Å². The van der Waals surface area contributed by atoms with E-state index < -0.39 is 0 Å². The molecular formula is C16H16N2. The van der Waals surface area contributed by atoms with E-state index in [0.717, 1.165) is 17.8 Å². The third kappa shape index (κ3) is 2.02. The van der Waals surface area contributed by atoms with Gasteiger partial charge in [-0.1, -0.05) is 35.9 Å². The molecule has 0 bridgehead atoms. The predicted molar refractivity (Wildman–Crippen MR) is 73.9 cm³/mol. The molecule has 0 saturated carbocycles. The summed E-state index contributed by atoms with van der Waals surface area (Å²) < 4.78 is 2.10. The maximum absolute atomic E-state index is 4.70. The van der Waals surface area contributed by atoms with Crippen molar-refractivity contribution in [2.75, 3.05) is 0 Å². The van der Waals surface area contributed by atoms with Gasteiger partial charge in [-0.3, -0.25) is 0 Å². The molecule has 0 aliphatic carbocycles. The van der Waals surface area contributed by atoms with Crippen LogP contribution in [0.25, 0.3) is 5.65 Å². The second-order valence-corrected chi connectivity index (χ2v) is 4.82. The topological polar surface area (TPSA) is 17.3 Å². The smallest absolute Gasteiger partial charge is 0.139 e. The standard InChI is InChI=1S/C16H16N2/c1-12-5-3-7-14(9-12)10-15-11-18-8-4-6-13(2)16(18)17-15/h3-9,11H,10H2,1-2H3. The molecule has 0 aliphatic rings. The van der Waals surface area contributed by atoms with Crippen LogP contribution in [0.4, 0.5) is 0 Å². The molecule has 0 radical (unpaired) electrons. The lowest BCUT2D eigenvalue weighted by atomic mass is 10.1. The van der Waals surface area contributed by atoms with E-state index >= 15 is 0 Å². The Morgan fingerprint density at radius 3 is 2.78 bits per heavy atom. The summed E-state index contributed by atoms with van der Waals surface area (Å²) in [5.41, 5.74) is 6.01. The molecule has 0 aliphatic heterocycles. The summed E-state index contributed by atoms with van der Waals surface area (Å²) >= 11 is 0. The minimum atomic E-state index is 0.892. The quantitative estimate of drug-likeness (QED) is 0.665. The van der Waals surface area contributed by atoms with Crippen LogP contribution in [0.15, 0.2) is 48.8 Å². The van der Waals surface area contributed by atoms with Gasteiger partial charge in [0.1, 0.15) is 5.65 Å². The molecule has 0 atom stereocenters. The Kier molecular flexibility index (Phi) is 2.63. The maximum Gasteiger partial charge on any atom is 0.139 e. The number of imidazole rings is 1. The Morgan fingerprint density at radius 1 is 1.11 bits per heavy atom. The molecule has 0 fully saturated rings. The molecule has 3 aromatic rings. The second-order valence-electron chi connectivity index (χ2n) is 4.82. The number of pyridine rings is 1. The van der Waals surface area contributed by atoms with Crippen LogP contribution in [0.3, 0.4) is 0 Å². The molecule has 2 aromatic heterocycles.